The predicted molar refractivity (Wildman–Crippen MR) is 166 cm³/mol. The minimum Gasteiger partial charge on any atom is -0.490 e. The molecular weight excluding hydrogens is 620 g/mol. The first kappa shape index (κ1) is 30.8. The molecule has 42 heavy (non-hydrogen) atoms. The standard InChI is InChI=1S/C31H31Cl4N3O4/c32-24-4-1-3-20(28(24)35)18-38(21-9-10-21)31(40)23-17-36-14-13-27(23)37-30(39)19-7-11-22(12-8-19)41-15-16-42-29-25(33)5-2-6-26(29)34/h1-8,11-12,21,23,27,36H,9-10,13-18H2,(H,37,39). The Labute approximate surface area is 265 Å². The molecule has 2 unspecified atom stereocenters. The SMILES string of the molecule is O=C(NC1CCNCC1C(=O)N(Cc1cccc(Cl)c1Cl)C1CC1)c1ccc(OCCOc2c(Cl)cccc2Cl)cc1. The minimum atomic E-state index is -0.393. The fourth-order valence-corrected chi connectivity index (χ4v) is 5.90. The summed E-state index contributed by atoms with van der Waals surface area (Å²) in [6.07, 6.45) is 2.56. The van der Waals surface area contributed by atoms with Crippen LogP contribution in [0.2, 0.25) is 20.1 Å². The van der Waals surface area contributed by atoms with Crippen molar-refractivity contribution in [3.05, 3.63) is 91.9 Å². The molecule has 2 aliphatic rings. The third kappa shape index (κ3) is 7.63. The van der Waals surface area contributed by atoms with Crippen molar-refractivity contribution >= 4 is 58.2 Å². The molecule has 2 N–H and O–H groups in total. The van der Waals surface area contributed by atoms with Crippen molar-refractivity contribution in [1.29, 1.82) is 0 Å². The zero-order valence-electron chi connectivity index (χ0n) is 22.8. The molecule has 0 aromatic heterocycles. The maximum absolute atomic E-state index is 13.8. The molecule has 0 radical (unpaired) electrons. The van der Waals surface area contributed by atoms with Crippen molar-refractivity contribution in [1.82, 2.24) is 15.5 Å². The summed E-state index contributed by atoms with van der Waals surface area (Å²) in [4.78, 5) is 28.9. The fourth-order valence-electron chi connectivity index (χ4n) is 5.01. The Morgan fingerprint density at radius 2 is 1.52 bits per heavy atom. The van der Waals surface area contributed by atoms with Gasteiger partial charge in [-0.2, -0.15) is 0 Å². The molecule has 2 amide bonds. The Morgan fingerprint density at radius 3 is 2.24 bits per heavy atom. The van der Waals surface area contributed by atoms with E-state index in [1.807, 2.05) is 17.0 Å². The summed E-state index contributed by atoms with van der Waals surface area (Å²) in [6.45, 7) is 2.11. The Morgan fingerprint density at radius 1 is 0.857 bits per heavy atom. The second-order valence-corrected chi connectivity index (χ2v) is 12.0. The van der Waals surface area contributed by atoms with Gasteiger partial charge in [-0.1, -0.05) is 64.6 Å². The molecule has 5 rings (SSSR count). The van der Waals surface area contributed by atoms with E-state index in [2.05, 4.69) is 10.6 Å². The van der Waals surface area contributed by atoms with E-state index in [9.17, 15) is 9.59 Å². The largest absolute Gasteiger partial charge is 0.490 e. The molecule has 1 aliphatic heterocycles. The monoisotopic (exact) mass is 649 g/mol. The third-order valence-corrected chi connectivity index (χ3v) is 8.85. The molecular formula is C31H31Cl4N3O4. The van der Waals surface area contributed by atoms with Crippen molar-refractivity contribution in [3.63, 3.8) is 0 Å². The van der Waals surface area contributed by atoms with Gasteiger partial charge in [0.1, 0.15) is 19.0 Å². The molecule has 1 saturated carbocycles. The molecule has 2 fully saturated rings. The average Bonchev–Trinajstić information content (AvgIpc) is 3.83. The van der Waals surface area contributed by atoms with Crippen molar-refractivity contribution in [2.24, 2.45) is 5.92 Å². The second-order valence-electron chi connectivity index (χ2n) is 10.4. The summed E-state index contributed by atoms with van der Waals surface area (Å²) in [6, 6.07) is 17.4. The molecule has 0 spiro atoms. The summed E-state index contributed by atoms with van der Waals surface area (Å²) >= 11 is 24.9. The van der Waals surface area contributed by atoms with Crippen LogP contribution >= 0.6 is 46.4 Å². The van der Waals surface area contributed by atoms with Gasteiger partial charge in [-0.3, -0.25) is 9.59 Å². The van der Waals surface area contributed by atoms with Crippen molar-refractivity contribution < 1.29 is 19.1 Å². The van der Waals surface area contributed by atoms with Crippen LogP contribution in [0.3, 0.4) is 0 Å². The van der Waals surface area contributed by atoms with Gasteiger partial charge in [0.15, 0.2) is 5.75 Å². The number of hydrogen-bond donors (Lipinski definition) is 2. The maximum atomic E-state index is 13.8. The van der Waals surface area contributed by atoms with Crippen LogP contribution in [-0.2, 0) is 11.3 Å². The summed E-state index contributed by atoms with van der Waals surface area (Å²) in [7, 11) is 0. The zero-order valence-corrected chi connectivity index (χ0v) is 25.8. The smallest absolute Gasteiger partial charge is 0.251 e. The highest BCUT2D eigenvalue weighted by molar-refractivity contribution is 6.42. The first-order valence-corrected chi connectivity index (χ1v) is 15.4. The van der Waals surface area contributed by atoms with E-state index < -0.39 is 5.92 Å². The molecule has 3 aromatic rings. The summed E-state index contributed by atoms with van der Waals surface area (Å²) in [5, 5.41) is 8.22. The Kier molecular flexibility index (Phi) is 10.4. The number of halogens is 4. The van der Waals surface area contributed by atoms with E-state index in [4.69, 9.17) is 55.9 Å². The molecule has 3 aromatic carbocycles. The van der Waals surface area contributed by atoms with Gasteiger partial charge in [0.25, 0.3) is 5.91 Å². The number of hydrogen-bond acceptors (Lipinski definition) is 5. The average molecular weight is 651 g/mol. The van der Waals surface area contributed by atoms with Gasteiger partial charge in [0.2, 0.25) is 5.91 Å². The Balaban J connectivity index is 1.17. The number of carbonyl (C=O) groups excluding carboxylic acids is 2. The molecule has 0 bridgehead atoms. The van der Waals surface area contributed by atoms with E-state index in [1.165, 1.54) is 0 Å². The van der Waals surface area contributed by atoms with Crippen LogP contribution in [0.1, 0.15) is 35.2 Å². The maximum Gasteiger partial charge on any atom is 0.251 e. The van der Waals surface area contributed by atoms with Gasteiger partial charge < -0.3 is 25.0 Å². The molecule has 1 aliphatic carbocycles. The van der Waals surface area contributed by atoms with E-state index >= 15 is 0 Å². The van der Waals surface area contributed by atoms with Gasteiger partial charge in [0.05, 0.1) is 26.0 Å². The number of amides is 2. The van der Waals surface area contributed by atoms with E-state index in [-0.39, 0.29) is 37.1 Å². The molecule has 222 valence electrons. The van der Waals surface area contributed by atoms with Crippen LogP contribution in [0.5, 0.6) is 11.5 Å². The van der Waals surface area contributed by atoms with Crippen LogP contribution < -0.4 is 20.1 Å². The van der Waals surface area contributed by atoms with Gasteiger partial charge in [-0.15, -0.1) is 0 Å². The highest BCUT2D eigenvalue weighted by atomic mass is 35.5. The van der Waals surface area contributed by atoms with Crippen LogP contribution in [0.25, 0.3) is 0 Å². The number of nitrogens with one attached hydrogen (secondary N) is 2. The lowest BCUT2D eigenvalue weighted by molar-refractivity contribution is -0.138. The molecule has 11 heteroatoms. The number of carbonyl (C=O) groups is 2. The van der Waals surface area contributed by atoms with Gasteiger partial charge in [0, 0.05) is 30.7 Å². The predicted octanol–water partition coefficient (Wildman–Crippen LogP) is 6.66. The highest BCUT2D eigenvalue weighted by Crippen LogP contribution is 2.34. The van der Waals surface area contributed by atoms with Gasteiger partial charge in [-0.05, 0) is 73.8 Å². The number of piperidine rings is 1. The number of para-hydroxylation sites is 1. The molecule has 1 heterocycles. The topological polar surface area (TPSA) is 79.9 Å². The fraction of sp³-hybridized carbons (Fsp3) is 0.355. The Hall–Kier alpha value is -2.68. The summed E-state index contributed by atoms with van der Waals surface area (Å²) in [5.41, 5.74) is 1.30. The number of rotatable bonds is 11. The molecule has 1 saturated heterocycles. The summed E-state index contributed by atoms with van der Waals surface area (Å²) in [5.74, 6) is 0.388. The minimum absolute atomic E-state index is 0.00934. The highest BCUT2D eigenvalue weighted by Gasteiger charge is 2.40. The quantitative estimate of drug-likeness (QED) is 0.227. The number of nitrogens with zero attached hydrogens (tertiary/aromatic N) is 1. The van der Waals surface area contributed by atoms with Crippen molar-refractivity contribution in [2.75, 3.05) is 26.3 Å². The van der Waals surface area contributed by atoms with Crippen LogP contribution in [0, 0.1) is 5.92 Å². The van der Waals surface area contributed by atoms with Crippen molar-refractivity contribution in [2.45, 2.75) is 37.9 Å². The van der Waals surface area contributed by atoms with Gasteiger partial charge >= 0.3 is 0 Å². The van der Waals surface area contributed by atoms with Crippen LogP contribution in [0.15, 0.2) is 60.7 Å². The lowest BCUT2D eigenvalue weighted by Crippen LogP contribution is -2.55. The van der Waals surface area contributed by atoms with E-state index in [0.717, 1.165) is 18.4 Å². The number of ether oxygens (including phenoxy) is 2. The van der Waals surface area contributed by atoms with Crippen LogP contribution in [0.4, 0.5) is 0 Å². The van der Waals surface area contributed by atoms with Crippen molar-refractivity contribution in [3.8, 4) is 11.5 Å². The first-order chi connectivity index (χ1) is 20.3. The van der Waals surface area contributed by atoms with Gasteiger partial charge in [-0.25, -0.2) is 0 Å². The molecule has 7 nitrogen and oxygen atoms in total. The van der Waals surface area contributed by atoms with Crippen LogP contribution in [-0.4, -0.2) is 55.1 Å². The second kappa shape index (κ2) is 14.2. The van der Waals surface area contributed by atoms with E-state index in [1.54, 1.807) is 48.5 Å². The first-order valence-electron chi connectivity index (χ1n) is 13.9. The third-order valence-electron chi connectivity index (χ3n) is 7.39. The number of benzene rings is 3. The zero-order chi connectivity index (χ0) is 29.6. The Bertz CT molecular complexity index is 1400. The lowest BCUT2D eigenvalue weighted by Gasteiger charge is -2.36. The summed E-state index contributed by atoms with van der Waals surface area (Å²) < 4.78 is 11.4. The lowest BCUT2D eigenvalue weighted by atomic mass is 9.91. The van der Waals surface area contributed by atoms with E-state index in [0.29, 0.717) is 63.2 Å². The normalized spacial score (nSPS) is 18.3. The molecule has 2 atom stereocenters.